The monoisotopic (exact) mass is 259 g/mol. The van der Waals surface area contributed by atoms with Crippen LogP contribution < -0.4 is 10.6 Å². The van der Waals surface area contributed by atoms with Gasteiger partial charge in [0, 0.05) is 26.6 Å². The molecule has 0 aromatic carbocycles. The fraction of sp³-hybridized carbons (Fsp3) is 0.727. The summed E-state index contributed by atoms with van der Waals surface area (Å²) in [6, 6.07) is -0.506. The Morgan fingerprint density at radius 2 is 1.83 bits per heavy atom. The predicted molar refractivity (Wildman–Crippen MR) is 66.1 cm³/mol. The number of likely N-dealkylation sites (N-methyl/N-ethyl adjacent to an activating group) is 1. The van der Waals surface area contributed by atoms with E-state index >= 15 is 0 Å². The lowest BCUT2D eigenvalue weighted by Crippen LogP contribution is -2.41. The summed E-state index contributed by atoms with van der Waals surface area (Å²) in [4.78, 5) is 34.0. The lowest BCUT2D eigenvalue weighted by Gasteiger charge is -2.15. The summed E-state index contributed by atoms with van der Waals surface area (Å²) >= 11 is 0. The number of aliphatic carboxylic acids is 1. The molecule has 7 heteroatoms. The molecule has 0 radical (unpaired) electrons. The van der Waals surface area contributed by atoms with E-state index in [4.69, 9.17) is 5.11 Å². The Kier molecular flexibility index (Phi) is 7.50. The van der Waals surface area contributed by atoms with Crippen molar-refractivity contribution in [2.24, 2.45) is 5.92 Å². The van der Waals surface area contributed by atoms with Crippen LogP contribution in [0, 0.1) is 5.92 Å². The molecule has 104 valence electrons. The zero-order valence-corrected chi connectivity index (χ0v) is 11.0. The molecular formula is C11H21N3O4. The van der Waals surface area contributed by atoms with Crippen LogP contribution in [-0.2, 0) is 9.59 Å². The SMILES string of the molecule is CC(C)CNC(=O)CCNC(=O)N(C)CC(=O)O. The van der Waals surface area contributed by atoms with Crippen LogP contribution in [0.1, 0.15) is 20.3 Å². The average Bonchev–Trinajstić information content (AvgIpc) is 2.25. The van der Waals surface area contributed by atoms with E-state index in [2.05, 4.69) is 10.6 Å². The van der Waals surface area contributed by atoms with Crippen LogP contribution in [0.5, 0.6) is 0 Å². The second-order valence-electron chi connectivity index (χ2n) is 4.43. The number of carbonyl (C=O) groups is 3. The van der Waals surface area contributed by atoms with Crippen LogP contribution in [0.3, 0.4) is 0 Å². The molecule has 0 saturated carbocycles. The first-order valence-electron chi connectivity index (χ1n) is 5.80. The zero-order chi connectivity index (χ0) is 14.1. The van der Waals surface area contributed by atoms with Crippen molar-refractivity contribution in [1.82, 2.24) is 15.5 Å². The van der Waals surface area contributed by atoms with Crippen molar-refractivity contribution in [3.63, 3.8) is 0 Å². The molecule has 3 amide bonds. The summed E-state index contributed by atoms with van der Waals surface area (Å²) in [5.74, 6) is -0.836. The van der Waals surface area contributed by atoms with Crippen molar-refractivity contribution in [2.75, 3.05) is 26.7 Å². The Balaban J connectivity index is 3.73. The normalized spacial score (nSPS) is 10.0. The minimum Gasteiger partial charge on any atom is -0.480 e. The second kappa shape index (κ2) is 8.32. The minimum atomic E-state index is -1.08. The minimum absolute atomic E-state index is 0.134. The maximum atomic E-state index is 11.3. The molecule has 0 saturated heterocycles. The number of hydrogen-bond donors (Lipinski definition) is 3. The number of carboxylic acids is 1. The lowest BCUT2D eigenvalue weighted by molar-refractivity contribution is -0.137. The van der Waals surface area contributed by atoms with Crippen LogP contribution in [0.25, 0.3) is 0 Å². The van der Waals surface area contributed by atoms with Gasteiger partial charge < -0.3 is 20.6 Å². The largest absolute Gasteiger partial charge is 0.480 e. The van der Waals surface area contributed by atoms with Crippen molar-refractivity contribution in [2.45, 2.75) is 20.3 Å². The summed E-state index contributed by atoms with van der Waals surface area (Å²) in [7, 11) is 1.38. The molecule has 0 spiro atoms. The third-order valence-corrected chi connectivity index (χ3v) is 2.05. The van der Waals surface area contributed by atoms with Gasteiger partial charge in [-0.15, -0.1) is 0 Å². The third-order valence-electron chi connectivity index (χ3n) is 2.05. The van der Waals surface area contributed by atoms with E-state index < -0.39 is 12.0 Å². The third kappa shape index (κ3) is 8.37. The first-order chi connectivity index (χ1) is 8.32. The van der Waals surface area contributed by atoms with Gasteiger partial charge in [-0.2, -0.15) is 0 Å². The van der Waals surface area contributed by atoms with Gasteiger partial charge in [0.15, 0.2) is 0 Å². The van der Waals surface area contributed by atoms with Crippen LogP contribution in [0.4, 0.5) is 4.79 Å². The number of urea groups is 1. The van der Waals surface area contributed by atoms with E-state index in [1.807, 2.05) is 13.8 Å². The highest BCUT2D eigenvalue weighted by atomic mass is 16.4. The fourth-order valence-electron chi connectivity index (χ4n) is 1.10. The van der Waals surface area contributed by atoms with E-state index in [9.17, 15) is 14.4 Å². The fourth-order valence-corrected chi connectivity index (χ4v) is 1.10. The second-order valence-corrected chi connectivity index (χ2v) is 4.43. The van der Waals surface area contributed by atoms with Gasteiger partial charge in [0.05, 0.1) is 0 Å². The molecule has 0 aromatic rings. The van der Waals surface area contributed by atoms with Crippen LogP contribution in [0.2, 0.25) is 0 Å². The summed E-state index contributed by atoms with van der Waals surface area (Å²) in [6.45, 7) is 4.40. The molecule has 3 N–H and O–H groups in total. The number of amides is 3. The molecule has 0 fully saturated rings. The standard InChI is InChI=1S/C11H21N3O4/c1-8(2)6-13-9(15)4-5-12-11(18)14(3)7-10(16)17/h8H,4-7H2,1-3H3,(H,12,18)(H,13,15)(H,16,17). The number of rotatable bonds is 7. The van der Waals surface area contributed by atoms with Gasteiger partial charge >= 0.3 is 12.0 Å². The quantitative estimate of drug-likeness (QED) is 0.593. The van der Waals surface area contributed by atoms with Gasteiger partial charge in [0.1, 0.15) is 6.54 Å². The van der Waals surface area contributed by atoms with E-state index in [1.54, 1.807) is 0 Å². The molecule has 0 atom stereocenters. The van der Waals surface area contributed by atoms with Crippen molar-refractivity contribution in [1.29, 1.82) is 0 Å². The molecule has 0 bridgehead atoms. The first kappa shape index (κ1) is 16.2. The topological polar surface area (TPSA) is 98.7 Å². The molecule has 0 heterocycles. The maximum Gasteiger partial charge on any atom is 0.323 e. The van der Waals surface area contributed by atoms with Gasteiger partial charge in [-0.1, -0.05) is 13.8 Å². The van der Waals surface area contributed by atoms with Gasteiger partial charge in [-0.25, -0.2) is 4.79 Å². The van der Waals surface area contributed by atoms with E-state index in [0.29, 0.717) is 12.5 Å². The van der Waals surface area contributed by atoms with Crippen molar-refractivity contribution in [3.05, 3.63) is 0 Å². The molecule has 0 unspecified atom stereocenters. The number of carbonyl (C=O) groups excluding carboxylic acids is 2. The Morgan fingerprint density at radius 1 is 1.22 bits per heavy atom. The van der Waals surface area contributed by atoms with E-state index in [0.717, 1.165) is 4.90 Å². The number of nitrogens with one attached hydrogen (secondary N) is 2. The summed E-state index contributed by atoms with van der Waals surface area (Å²) in [5.41, 5.74) is 0. The summed E-state index contributed by atoms with van der Waals surface area (Å²) < 4.78 is 0. The Labute approximate surface area is 107 Å². The van der Waals surface area contributed by atoms with Gasteiger partial charge in [0.2, 0.25) is 5.91 Å². The van der Waals surface area contributed by atoms with Crippen molar-refractivity contribution >= 4 is 17.9 Å². The highest BCUT2D eigenvalue weighted by molar-refractivity contribution is 5.80. The summed E-state index contributed by atoms with van der Waals surface area (Å²) in [6.07, 6.45) is 0.180. The highest BCUT2D eigenvalue weighted by Crippen LogP contribution is 1.89. The lowest BCUT2D eigenvalue weighted by atomic mass is 10.2. The van der Waals surface area contributed by atoms with Crippen molar-refractivity contribution < 1.29 is 19.5 Å². The number of nitrogens with zero attached hydrogens (tertiary/aromatic N) is 1. The van der Waals surface area contributed by atoms with Crippen LogP contribution in [0.15, 0.2) is 0 Å². The Bertz CT molecular complexity index is 305. The van der Waals surface area contributed by atoms with Crippen LogP contribution >= 0.6 is 0 Å². The first-order valence-corrected chi connectivity index (χ1v) is 5.80. The van der Waals surface area contributed by atoms with Gasteiger partial charge in [-0.3, -0.25) is 9.59 Å². The smallest absolute Gasteiger partial charge is 0.323 e. The maximum absolute atomic E-state index is 11.3. The molecule has 0 aliphatic rings. The molecule has 0 rings (SSSR count). The van der Waals surface area contributed by atoms with Gasteiger partial charge in [-0.05, 0) is 5.92 Å². The highest BCUT2D eigenvalue weighted by Gasteiger charge is 2.11. The summed E-state index contributed by atoms with van der Waals surface area (Å²) in [5, 5.41) is 13.7. The van der Waals surface area contributed by atoms with E-state index in [-0.39, 0.29) is 25.4 Å². The van der Waals surface area contributed by atoms with Crippen LogP contribution in [-0.4, -0.2) is 54.6 Å². The Hall–Kier alpha value is -1.79. The number of carboxylic acid groups (broad SMARTS) is 1. The predicted octanol–water partition coefficient (Wildman–Crippen LogP) is -0.125. The van der Waals surface area contributed by atoms with Crippen molar-refractivity contribution in [3.8, 4) is 0 Å². The van der Waals surface area contributed by atoms with E-state index in [1.165, 1.54) is 7.05 Å². The molecule has 0 aliphatic carbocycles. The molecule has 0 aliphatic heterocycles. The Morgan fingerprint density at radius 3 is 2.33 bits per heavy atom. The molecule has 7 nitrogen and oxygen atoms in total. The zero-order valence-electron chi connectivity index (χ0n) is 11.0. The molecule has 0 aromatic heterocycles. The average molecular weight is 259 g/mol. The number of hydrogen-bond acceptors (Lipinski definition) is 3. The van der Waals surface area contributed by atoms with Gasteiger partial charge in [0.25, 0.3) is 0 Å². The molecular weight excluding hydrogens is 238 g/mol. The molecule has 18 heavy (non-hydrogen) atoms.